The Morgan fingerprint density at radius 3 is 2.76 bits per heavy atom. The van der Waals surface area contributed by atoms with Crippen LogP contribution in [0.2, 0.25) is 5.02 Å². The molecule has 5 nitrogen and oxygen atoms in total. The number of nitrogens with one attached hydrogen (secondary N) is 1. The number of halogens is 1. The number of hydrogen-bond donors (Lipinski definition) is 1. The zero-order chi connectivity index (χ0) is 20.4. The first-order valence-corrected chi connectivity index (χ1v) is 9.32. The van der Waals surface area contributed by atoms with E-state index in [1.54, 1.807) is 55.0 Å². The van der Waals surface area contributed by atoms with E-state index in [9.17, 15) is 9.59 Å². The van der Waals surface area contributed by atoms with E-state index in [0.29, 0.717) is 32.7 Å². The summed E-state index contributed by atoms with van der Waals surface area (Å²) in [6, 6.07) is 12.4. The van der Waals surface area contributed by atoms with Crippen LogP contribution in [-0.4, -0.2) is 20.7 Å². The molecule has 0 amide bonds. The number of carbonyl (C=O) groups excluding carboxylic acids is 1. The summed E-state index contributed by atoms with van der Waals surface area (Å²) in [7, 11) is 0. The monoisotopic (exact) mass is 401 g/mol. The summed E-state index contributed by atoms with van der Waals surface area (Å²) in [5, 5.41) is 1.19. The third-order valence-corrected chi connectivity index (χ3v) is 4.71. The highest BCUT2D eigenvalue weighted by Crippen LogP contribution is 2.31. The van der Waals surface area contributed by atoms with Crippen molar-refractivity contribution in [2.45, 2.75) is 6.92 Å². The van der Waals surface area contributed by atoms with E-state index in [1.807, 2.05) is 19.1 Å². The average molecular weight is 402 g/mol. The standard InChI is InChI=1S/C23H16ClN3O2/c1-14-10-15(13-25-12-14)21-18-11-16(24)5-7-19(18)27-23(29)22(21)20(28)8-6-17-4-2-3-9-26-17/h2-13H,1H3,(H,27,29)/b8-6+. The number of allylic oxidation sites excluding steroid dienone is 1. The third kappa shape index (κ3) is 3.86. The van der Waals surface area contributed by atoms with Crippen molar-refractivity contribution >= 4 is 34.4 Å². The van der Waals surface area contributed by atoms with Crippen LogP contribution in [0, 0.1) is 6.92 Å². The fraction of sp³-hybridized carbons (Fsp3) is 0.0435. The van der Waals surface area contributed by atoms with E-state index in [4.69, 9.17) is 11.6 Å². The summed E-state index contributed by atoms with van der Waals surface area (Å²) in [5.41, 5.74) is 2.91. The van der Waals surface area contributed by atoms with Gasteiger partial charge in [0.15, 0.2) is 5.78 Å². The Labute approximate surface area is 171 Å². The molecule has 1 aromatic carbocycles. The van der Waals surface area contributed by atoms with Crippen LogP contribution in [0.25, 0.3) is 28.1 Å². The van der Waals surface area contributed by atoms with Crippen LogP contribution in [-0.2, 0) is 0 Å². The number of nitrogens with zero attached hydrogens (tertiary/aromatic N) is 2. The molecule has 3 heterocycles. The number of fused-ring (bicyclic) bond motifs is 1. The van der Waals surface area contributed by atoms with Gasteiger partial charge in [-0.3, -0.25) is 19.6 Å². The van der Waals surface area contributed by atoms with Crippen LogP contribution in [0.15, 0.2) is 71.9 Å². The highest BCUT2D eigenvalue weighted by molar-refractivity contribution is 6.31. The molecule has 0 aliphatic carbocycles. The molecule has 0 atom stereocenters. The van der Waals surface area contributed by atoms with Crippen LogP contribution >= 0.6 is 11.6 Å². The number of ketones is 1. The quantitative estimate of drug-likeness (QED) is 0.392. The van der Waals surface area contributed by atoms with Gasteiger partial charge in [-0.15, -0.1) is 0 Å². The van der Waals surface area contributed by atoms with E-state index < -0.39 is 11.3 Å². The molecule has 0 saturated heterocycles. The Morgan fingerprint density at radius 2 is 2.00 bits per heavy atom. The number of aryl methyl sites for hydroxylation is 1. The minimum atomic E-state index is -0.466. The first kappa shape index (κ1) is 18.8. The lowest BCUT2D eigenvalue weighted by atomic mass is 9.94. The van der Waals surface area contributed by atoms with Crippen molar-refractivity contribution in [3.8, 4) is 11.1 Å². The maximum atomic E-state index is 13.1. The number of aromatic nitrogens is 3. The number of hydrogen-bond acceptors (Lipinski definition) is 4. The number of H-pyrrole nitrogens is 1. The molecule has 0 bridgehead atoms. The maximum Gasteiger partial charge on any atom is 0.260 e. The number of benzene rings is 1. The zero-order valence-electron chi connectivity index (χ0n) is 15.5. The van der Waals surface area contributed by atoms with Crippen molar-refractivity contribution in [1.29, 1.82) is 0 Å². The van der Waals surface area contributed by atoms with E-state index in [2.05, 4.69) is 15.0 Å². The van der Waals surface area contributed by atoms with Crippen LogP contribution in [0.4, 0.5) is 0 Å². The van der Waals surface area contributed by atoms with E-state index in [-0.39, 0.29) is 5.56 Å². The van der Waals surface area contributed by atoms with E-state index in [1.165, 1.54) is 6.08 Å². The summed E-state index contributed by atoms with van der Waals surface area (Å²) in [6.07, 6.45) is 7.94. The maximum absolute atomic E-state index is 13.1. The molecule has 0 aliphatic rings. The summed E-state index contributed by atoms with van der Waals surface area (Å²) in [6.45, 7) is 1.90. The van der Waals surface area contributed by atoms with Gasteiger partial charge in [0.05, 0.1) is 11.3 Å². The van der Waals surface area contributed by atoms with Gasteiger partial charge in [0.1, 0.15) is 0 Å². The molecule has 4 rings (SSSR count). The molecule has 1 N–H and O–H groups in total. The lowest BCUT2D eigenvalue weighted by Crippen LogP contribution is -2.18. The molecule has 29 heavy (non-hydrogen) atoms. The molecule has 0 aliphatic heterocycles. The van der Waals surface area contributed by atoms with E-state index in [0.717, 1.165) is 5.56 Å². The fourth-order valence-electron chi connectivity index (χ4n) is 3.21. The van der Waals surface area contributed by atoms with Crippen molar-refractivity contribution in [3.05, 3.63) is 99.3 Å². The van der Waals surface area contributed by atoms with Crippen molar-refractivity contribution < 1.29 is 4.79 Å². The molecular formula is C23H16ClN3O2. The van der Waals surface area contributed by atoms with Crippen molar-refractivity contribution in [3.63, 3.8) is 0 Å². The molecule has 0 fully saturated rings. The van der Waals surface area contributed by atoms with Gasteiger partial charge in [-0.2, -0.15) is 0 Å². The van der Waals surface area contributed by atoms with E-state index >= 15 is 0 Å². The smallest absolute Gasteiger partial charge is 0.260 e. The molecular weight excluding hydrogens is 386 g/mol. The van der Waals surface area contributed by atoms with Crippen LogP contribution in [0.1, 0.15) is 21.6 Å². The van der Waals surface area contributed by atoms with Crippen molar-refractivity contribution in [2.75, 3.05) is 0 Å². The minimum Gasteiger partial charge on any atom is -0.321 e. The number of pyridine rings is 3. The summed E-state index contributed by atoms with van der Waals surface area (Å²) < 4.78 is 0. The topological polar surface area (TPSA) is 75.7 Å². The molecule has 142 valence electrons. The Balaban J connectivity index is 1.96. The van der Waals surface area contributed by atoms with Gasteiger partial charge in [-0.25, -0.2) is 0 Å². The number of aromatic amines is 1. The van der Waals surface area contributed by atoms with Crippen LogP contribution in [0.3, 0.4) is 0 Å². The normalized spacial score (nSPS) is 11.2. The van der Waals surface area contributed by atoms with Crippen LogP contribution in [0.5, 0.6) is 0 Å². The lowest BCUT2D eigenvalue weighted by Gasteiger charge is -2.12. The molecule has 6 heteroatoms. The largest absolute Gasteiger partial charge is 0.321 e. The SMILES string of the molecule is Cc1cncc(-c2c(C(=O)/C=C/c3ccccn3)c(=O)[nH]c3ccc(Cl)cc23)c1. The molecule has 0 radical (unpaired) electrons. The molecule has 3 aromatic heterocycles. The van der Waals surface area contributed by atoms with Gasteiger partial charge in [-0.05, 0) is 61.0 Å². The summed E-state index contributed by atoms with van der Waals surface area (Å²) in [5.74, 6) is -0.421. The summed E-state index contributed by atoms with van der Waals surface area (Å²) in [4.78, 5) is 37.1. The zero-order valence-corrected chi connectivity index (χ0v) is 16.3. The van der Waals surface area contributed by atoms with Gasteiger partial charge < -0.3 is 4.98 Å². The predicted molar refractivity (Wildman–Crippen MR) is 115 cm³/mol. The second-order valence-corrected chi connectivity index (χ2v) is 7.03. The minimum absolute atomic E-state index is 0.0411. The highest BCUT2D eigenvalue weighted by atomic mass is 35.5. The fourth-order valence-corrected chi connectivity index (χ4v) is 3.38. The molecule has 0 unspecified atom stereocenters. The van der Waals surface area contributed by atoms with Gasteiger partial charge >= 0.3 is 0 Å². The Hall–Kier alpha value is -3.57. The Kier molecular flexibility index (Phi) is 5.06. The molecule has 4 aromatic rings. The predicted octanol–water partition coefficient (Wildman–Crippen LogP) is 4.84. The second kappa shape index (κ2) is 7.81. The number of carbonyl (C=O) groups is 1. The first-order chi connectivity index (χ1) is 14.0. The van der Waals surface area contributed by atoms with Crippen molar-refractivity contribution in [2.24, 2.45) is 0 Å². The second-order valence-electron chi connectivity index (χ2n) is 6.60. The van der Waals surface area contributed by atoms with Crippen LogP contribution < -0.4 is 5.56 Å². The molecule has 0 saturated carbocycles. The average Bonchev–Trinajstić information content (AvgIpc) is 2.72. The summed E-state index contributed by atoms with van der Waals surface area (Å²) >= 11 is 6.21. The number of rotatable bonds is 4. The van der Waals surface area contributed by atoms with Gasteiger partial charge in [0.2, 0.25) is 0 Å². The molecule has 0 spiro atoms. The first-order valence-electron chi connectivity index (χ1n) is 8.94. The highest BCUT2D eigenvalue weighted by Gasteiger charge is 2.20. The van der Waals surface area contributed by atoms with Gasteiger partial charge in [0.25, 0.3) is 5.56 Å². The lowest BCUT2D eigenvalue weighted by molar-refractivity contribution is 0.104. The Morgan fingerprint density at radius 1 is 1.14 bits per heavy atom. The third-order valence-electron chi connectivity index (χ3n) is 4.48. The Bertz CT molecular complexity index is 1310. The van der Waals surface area contributed by atoms with Gasteiger partial charge in [0, 0.05) is 45.6 Å². The van der Waals surface area contributed by atoms with Gasteiger partial charge in [-0.1, -0.05) is 17.7 Å². The van der Waals surface area contributed by atoms with Crippen molar-refractivity contribution in [1.82, 2.24) is 15.0 Å².